The minimum absolute atomic E-state index is 0.0590. The molecule has 3 aromatic rings. The van der Waals surface area contributed by atoms with Gasteiger partial charge in [0.05, 0.1) is 23.9 Å². The van der Waals surface area contributed by atoms with Crippen LogP contribution in [0, 0.1) is 5.82 Å². The predicted molar refractivity (Wildman–Crippen MR) is 137 cm³/mol. The maximum atomic E-state index is 15.3. The average Bonchev–Trinajstić information content (AvgIpc) is 3.25. The Morgan fingerprint density at radius 3 is 2.54 bits per heavy atom. The molecule has 0 saturated carbocycles. The van der Waals surface area contributed by atoms with Gasteiger partial charge in [-0.15, -0.1) is 0 Å². The SMILES string of the molecule is CNc1cccc(-c2cccc3c2CCC3Oc2cc(OC)c(CN3CC(O)C3)c(F)c2Cl)c1Cl. The van der Waals surface area contributed by atoms with Gasteiger partial charge in [-0.1, -0.05) is 53.5 Å². The molecule has 5 rings (SSSR count). The fourth-order valence-corrected chi connectivity index (χ4v) is 5.54. The van der Waals surface area contributed by atoms with Gasteiger partial charge in [-0.05, 0) is 35.6 Å². The number of aliphatic hydroxyl groups is 1. The lowest BCUT2D eigenvalue weighted by Gasteiger charge is -2.36. The second kappa shape index (κ2) is 9.86. The monoisotopic (exact) mass is 516 g/mol. The van der Waals surface area contributed by atoms with Crippen LogP contribution < -0.4 is 14.8 Å². The van der Waals surface area contributed by atoms with Crippen molar-refractivity contribution in [2.75, 3.05) is 32.6 Å². The van der Waals surface area contributed by atoms with Crippen LogP contribution in [0.25, 0.3) is 11.1 Å². The summed E-state index contributed by atoms with van der Waals surface area (Å²) < 4.78 is 27.1. The smallest absolute Gasteiger partial charge is 0.153 e. The second-order valence-electron chi connectivity index (χ2n) is 8.97. The first-order chi connectivity index (χ1) is 16.9. The molecule has 184 valence electrons. The number of β-amino-alcohol motifs (C(OH)–C–C–N with tert-alkyl or cyclic N) is 1. The molecule has 0 spiro atoms. The Bertz CT molecular complexity index is 1260. The Morgan fingerprint density at radius 2 is 1.83 bits per heavy atom. The molecule has 1 saturated heterocycles. The van der Waals surface area contributed by atoms with Gasteiger partial charge in [0.25, 0.3) is 0 Å². The van der Waals surface area contributed by atoms with E-state index in [0.717, 1.165) is 35.2 Å². The van der Waals surface area contributed by atoms with Crippen LogP contribution in [0.4, 0.5) is 10.1 Å². The van der Waals surface area contributed by atoms with E-state index in [1.165, 1.54) is 12.7 Å². The normalized spacial score (nSPS) is 17.7. The molecule has 3 aromatic carbocycles. The van der Waals surface area contributed by atoms with Crippen LogP contribution in [0.5, 0.6) is 11.5 Å². The molecule has 1 fully saturated rings. The first-order valence-electron chi connectivity index (χ1n) is 11.6. The van der Waals surface area contributed by atoms with Gasteiger partial charge in [-0.3, -0.25) is 4.90 Å². The van der Waals surface area contributed by atoms with E-state index in [4.69, 9.17) is 32.7 Å². The summed E-state index contributed by atoms with van der Waals surface area (Å²) in [5.41, 5.74) is 5.48. The molecule has 0 aromatic heterocycles. The van der Waals surface area contributed by atoms with Gasteiger partial charge in [0.2, 0.25) is 0 Å². The zero-order valence-electron chi connectivity index (χ0n) is 19.6. The van der Waals surface area contributed by atoms with Crippen molar-refractivity contribution >= 4 is 28.9 Å². The Balaban J connectivity index is 1.45. The number of ether oxygens (including phenoxy) is 2. The molecule has 1 unspecified atom stereocenters. The number of nitrogens with zero attached hydrogens (tertiary/aromatic N) is 1. The van der Waals surface area contributed by atoms with E-state index >= 15 is 4.39 Å². The highest BCUT2D eigenvalue weighted by Crippen LogP contribution is 2.45. The predicted octanol–water partition coefficient (Wildman–Crippen LogP) is 6.09. The van der Waals surface area contributed by atoms with Gasteiger partial charge in [0.1, 0.15) is 22.6 Å². The van der Waals surface area contributed by atoms with Crippen molar-refractivity contribution in [2.45, 2.75) is 31.6 Å². The van der Waals surface area contributed by atoms with Gasteiger partial charge in [-0.25, -0.2) is 4.39 Å². The number of fused-ring (bicyclic) bond motifs is 1. The summed E-state index contributed by atoms with van der Waals surface area (Å²) in [5.74, 6) is 0.0860. The summed E-state index contributed by atoms with van der Waals surface area (Å²) in [4.78, 5) is 1.94. The summed E-state index contributed by atoms with van der Waals surface area (Å²) >= 11 is 13.1. The highest BCUT2D eigenvalue weighted by Gasteiger charge is 2.31. The summed E-state index contributed by atoms with van der Waals surface area (Å²) in [6, 6.07) is 13.7. The third-order valence-corrected chi connectivity index (χ3v) is 7.58. The van der Waals surface area contributed by atoms with Crippen molar-refractivity contribution in [1.82, 2.24) is 4.90 Å². The third kappa shape index (κ3) is 4.45. The number of rotatable bonds is 7. The maximum Gasteiger partial charge on any atom is 0.153 e. The van der Waals surface area contributed by atoms with Crippen LogP contribution >= 0.6 is 23.2 Å². The highest BCUT2D eigenvalue weighted by molar-refractivity contribution is 6.36. The molecule has 1 heterocycles. The lowest BCUT2D eigenvalue weighted by atomic mass is 9.96. The molecule has 5 nitrogen and oxygen atoms in total. The standard InChI is InChI=1S/C27H27Cl2FN2O3/c1-31-21-8-4-7-19(25(21)28)16-5-3-6-18-17(16)9-10-22(18)35-24-11-23(34-2)20(27(30)26(24)29)14-32-12-15(33)13-32/h3-8,11,15,22,31,33H,9-10,12-14H2,1-2H3. The van der Waals surface area contributed by atoms with E-state index in [-0.39, 0.29) is 23.0 Å². The van der Waals surface area contributed by atoms with Gasteiger partial charge in [0.15, 0.2) is 5.82 Å². The number of hydrogen-bond donors (Lipinski definition) is 2. The van der Waals surface area contributed by atoms with E-state index in [9.17, 15) is 5.11 Å². The van der Waals surface area contributed by atoms with Crippen LogP contribution in [0.15, 0.2) is 42.5 Å². The molecule has 1 aliphatic carbocycles. The number of benzene rings is 3. The van der Waals surface area contributed by atoms with E-state index in [2.05, 4.69) is 11.4 Å². The van der Waals surface area contributed by atoms with Crippen molar-refractivity contribution in [1.29, 1.82) is 0 Å². The molecular weight excluding hydrogens is 490 g/mol. The van der Waals surface area contributed by atoms with E-state index < -0.39 is 5.82 Å². The molecule has 35 heavy (non-hydrogen) atoms. The van der Waals surface area contributed by atoms with Crippen LogP contribution in [-0.2, 0) is 13.0 Å². The van der Waals surface area contributed by atoms with Gasteiger partial charge in [-0.2, -0.15) is 0 Å². The Kier molecular flexibility index (Phi) is 6.82. The largest absolute Gasteiger partial charge is 0.496 e. The van der Waals surface area contributed by atoms with Crippen LogP contribution in [0.1, 0.15) is 29.2 Å². The minimum Gasteiger partial charge on any atom is -0.496 e. The van der Waals surface area contributed by atoms with E-state index in [1.54, 1.807) is 6.07 Å². The quantitative estimate of drug-likeness (QED) is 0.397. The first-order valence-corrected chi connectivity index (χ1v) is 12.4. The summed E-state index contributed by atoms with van der Waals surface area (Å²) in [6.45, 7) is 1.32. The molecule has 1 aliphatic heterocycles. The lowest BCUT2D eigenvalue weighted by molar-refractivity contribution is -0.00382. The minimum atomic E-state index is -0.551. The van der Waals surface area contributed by atoms with Crippen LogP contribution in [0.3, 0.4) is 0 Å². The fourth-order valence-electron chi connectivity index (χ4n) is 5.01. The molecule has 0 radical (unpaired) electrons. The number of aliphatic hydroxyl groups excluding tert-OH is 1. The number of methoxy groups -OCH3 is 1. The Labute approximate surface area is 214 Å². The topological polar surface area (TPSA) is 54.0 Å². The molecular formula is C27H27Cl2FN2O3. The van der Waals surface area contributed by atoms with Gasteiger partial charge >= 0.3 is 0 Å². The van der Waals surface area contributed by atoms with E-state index in [1.807, 2.05) is 42.3 Å². The van der Waals surface area contributed by atoms with Gasteiger partial charge in [0, 0.05) is 43.9 Å². The third-order valence-electron chi connectivity index (χ3n) is 6.82. The van der Waals surface area contributed by atoms with Crippen molar-refractivity contribution < 1.29 is 19.0 Å². The van der Waals surface area contributed by atoms with Crippen molar-refractivity contribution in [3.05, 3.63) is 75.0 Å². The average molecular weight is 517 g/mol. The summed E-state index contributed by atoms with van der Waals surface area (Å²) in [5, 5.41) is 13.3. The zero-order chi connectivity index (χ0) is 24.7. The molecule has 0 amide bonds. The molecule has 0 bridgehead atoms. The molecule has 2 aliphatic rings. The molecule has 1 atom stereocenters. The number of anilines is 1. The van der Waals surface area contributed by atoms with Gasteiger partial charge < -0.3 is 19.9 Å². The second-order valence-corrected chi connectivity index (χ2v) is 9.72. The van der Waals surface area contributed by atoms with Crippen molar-refractivity contribution in [3.63, 3.8) is 0 Å². The maximum absolute atomic E-state index is 15.3. The fraction of sp³-hybridized carbons (Fsp3) is 0.333. The zero-order valence-corrected chi connectivity index (χ0v) is 21.1. The van der Waals surface area contributed by atoms with E-state index in [0.29, 0.717) is 36.0 Å². The Hall–Kier alpha value is -2.51. The Morgan fingerprint density at radius 1 is 1.09 bits per heavy atom. The number of halogens is 3. The number of nitrogens with one attached hydrogen (secondary N) is 1. The first kappa shape index (κ1) is 24.2. The van der Waals surface area contributed by atoms with Crippen molar-refractivity contribution in [2.24, 2.45) is 0 Å². The number of likely N-dealkylation sites (tertiary alicyclic amines) is 1. The van der Waals surface area contributed by atoms with Crippen LogP contribution in [-0.4, -0.2) is 43.4 Å². The molecule has 8 heteroatoms. The molecule has 2 N–H and O–H groups in total. The summed E-state index contributed by atoms with van der Waals surface area (Å²) in [7, 11) is 3.35. The van der Waals surface area contributed by atoms with Crippen molar-refractivity contribution in [3.8, 4) is 22.6 Å². The van der Waals surface area contributed by atoms with Crippen LogP contribution in [0.2, 0.25) is 10.0 Å². The highest BCUT2D eigenvalue weighted by atomic mass is 35.5. The summed E-state index contributed by atoms with van der Waals surface area (Å²) in [6.07, 6.45) is 0.908. The lowest BCUT2D eigenvalue weighted by Crippen LogP contribution is -2.50. The number of hydrogen-bond acceptors (Lipinski definition) is 5.